The Labute approximate surface area is 173 Å². The molecule has 0 radical (unpaired) electrons. The molecule has 0 aliphatic rings. The second-order valence-electron chi connectivity index (χ2n) is 6.59. The Kier molecular flexibility index (Phi) is 6.41. The Bertz CT molecular complexity index is 1030. The molecule has 3 rings (SSSR count). The molecule has 2 amide bonds. The molecule has 0 spiro atoms. The summed E-state index contributed by atoms with van der Waals surface area (Å²) in [5.41, 5.74) is 6.23. The lowest BCUT2D eigenvalue weighted by atomic mass is 10.1. The molecule has 6 nitrogen and oxygen atoms in total. The van der Waals surface area contributed by atoms with E-state index in [1.165, 1.54) is 11.3 Å². The lowest BCUT2D eigenvalue weighted by Gasteiger charge is -2.12. The number of nitrogens with zero attached hydrogens (tertiary/aromatic N) is 2. The lowest BCUT2D eigenvalue weighted by molar-refractivity contribution is 0.0954. The molecular formula is C22H22N4O2S. The van der Waals surface area contributed by atoms with E-state index in [9.17, 15) is 9.59 Å². The molecule has 148 valence electrons. The molecule has 7 heteroatoms. The first-order valence-corrected chi connectivity index (χ1v) is 9.89. The number of nitrogens with one attached hydrogen (secondary N) is 2. The maximum atomic E-state index is 12.3. The van der Waals surface area contributed by atoms with Crippen molar-refractivity contribution in [3.63, 3.8) is 0 Å². The molecule has 0 saturated carbocycles. The lowest BCUT2D eigenvalue weighted by Crippen LogP contribution is -2.19. The summed E-state index contributed by atoms with van der Waals surface area (Å²) < 4.78 is 0. The maximum Gasteiger partial charge on any atom is 0.271 e. The largest absolute Gasteiger partial charge is 0.378 e. The second-order valence-corrected chi connectivity index (χ2v) is 7.54. The third-order valence-corrected chi connectivity index (χ3v) is 5.12. The minimum absolute atomic E-state index is 0.152. The Morgan fingerprint density at radius 1 is 0.931 bits per heavy atom. The van der Waals surface area contributed by atoms with Crippen molar-refractivity contribution in [1.82, 2.24) is 5.43 Å². The summed E-state index contributed by atoms with van der Waals surface area (Å²) in [5, 5.41) is 8.92. The predicted octanol–water partition coefficient (Wildman–Crippen LogP) is 4.22. The number of carbonyl (C=O) groups excluding carboxylic acids is 2. The summed E-state index contributed by atoms with van der Waals surface area (Å²) in [4.78, 5) is 27.1. The summed E-state index contributed by atoms with van der Waals surface area (Å²) in [7, 11) is 3.89. The third kappa shape index (κ3) is 5.30. The van der Waals surface area contributed by atoms with Crippen LogP contribution in [0.4, 0.5) is 11.4 Å². The van der Waals surface area contributed by atoms with Gasteiger partial charge in [-0.3, -0.25) is 9.59 Å². The number of benzene rings is 2. The highest BCUT2D eigenvalue weighted by Gasteiger charge is 2.09. The van der Waals surface area contributed by atoms with Gasteiger partial charge in [0.25, 0.3) is 11.8 Å². The number of hydrazone groups is 1. The van der Waals surface area contributed by atoms with E-state index in [0.717, 1.165) is 11.3 Å². The van der Waals surface area contributed by atoms with E-state index in [1.807, 2.05) is 66.8 Å². The molecule has 2 aromatic carbocycles. The molecule has 1 heterocycles. The summed E-state index contributed by atoms with van der Waals surface area (Å²) >= 11 is 1.39. The van der Waals surface area contributed by atoms with E-state index in [1.54, 1.807) is 25.1 Å². The first-order valence-electron chi connectivity index (χ1n) is 9.01. The summed E-state index contributed by atoms with van der Waals surface area (Å²) in [6.07, 6.45) is 0. The minimum atomic E-state index is -0.281. The molecule has 0 aliphatic heterocycles. The fourth-order valence-electron chi connectivity index (χ4n) is 2.60. The molecular weight excluding hydrogens is 384 g/mol. The maximum absolute atomic E-state index is 12.3. The Balaban J connectivity index is 1.66. The van der Waals surface area contributed by atoms with Crippen LogP contribution >= 0.6 is 11.3 Å². The Morgan fingerprint density at radius 2 is 1.69 bits per heavy atom. The van der Waals surface area contributed by atoms with Crippen LogP contribution in [0, 0.1) is 0 Å². The van der Waals surface area contributed by atoms with Crippen molar-refractivity contribution >= 4 is 40.2 Å². The van der Waals surface area contributed by atoms with Gasteiger partial charge in [0.1, 0.15) is 0 Å². The minimum Gasteiger partial charge on any atom is -0.378 e. The molecule has 0 atom stereocenters. The number of anilines is 2. The van der Waals surface area contributed by atoms with Gasteiger partial charge in [-0.1, -0.05) is 18.2 Å². The summed E-state index contributed by atoms with van der Waals surface area (Å²) in [6, 6.07) is 18.2. The first-order chi connectivity index (χ1) is 13.9. The molecule has 3 aromatic rings. The highest BCUT2D eigenvalue weighted by atomic mass is 32.1. The predicted molar refractivity (Wildman–Crippen MR) is 119 cm³/mol. The SMILES string of the molecule is C/C(=N\NC(=O)c1ccc(N(C)C)cc1)c1cccc(NC(=O)c2cccs2)c1. The number of amides is 2. The van der Waals surface area contributed by atoms with Gasteiger partial charge in [0.2, 0.25) is 0 Å². The van der Waals surface area contributed by atoms with Crippen LogP contribution in [0.1, 0.15) is 32.5 Å². The zero-order chi connectivity index (χ0) is 20.8. The third-order valence-electron chi connectivity index (χ3n) is 4.25. The van der Waals surface area contributed by atoms with E-state index in [-0.39, 0.29) is 11.8 Å². The van der Waals surface area contributed by atoms with Crippen molar-refractivity contribution in [1.29, 1.82) is 0 Å². The van der Waals surface area contributed by atoms with Gasteiger partial charge >= 0.3 is 0 Å². The van der Waals surface area contributed by atoms with E-state index in [0.29, 0.717) is 21.8 Å². The van der Waals surface area contributed by atoms with Crippen molar-refractivity contribution in [2.45, 2.75) is 6.92 Å². The van der Waals surface area contributed by atoms with Gasteiger partial charge in [0.15, 0.2) is 0 Å². The van der Waals surface area contributed by atoms with Crippen molar-refractivity contribution in [3.8, 4) is 0 Å². The van der Waals surface area contributed by atoms with Crippen LogP contribution in [0.2, 0.25) is 0 Å². The smallest absolute Gasteiger partial charge is 0.271 e. The number of hydrogen-bond donors (Lipinski definition) is 2. The van der Waals surface area contributed by atoms with Crippen molar-refractivity contribution in [3.05, 3.63) is 82.0 Å². The quantitative estimate of drug-likeness (QED) is 0.475. The average Bonchev–Trinajstić information content (AvgIpc) is 3.27. The standard InChI is InChI=1S/C22H22N4O2S/c1-15(24-25-21(27)16-9-11-19(12-10-16)26(2)3)17-6-4-7-18(14-17)23-22(28)20-8-5-13-29-20/h4-14H,1-3H3,(H,23,28)(H,25,27)/b24-15+. The van der Waals surface area contributed by atoms with Crippen LogP contribution in [0.25, 0.3) is 0 Å². The van der Waals surface area contributed by atoms with Crippen molar-refractivity contribution < 1.29 is 9.59 Å². The molecule has 0 bridgehead atoms. The van der Waals surface area contributed by atoms with Gasteiger partial charge in [-0.2, -0.15) is 5.10 Å². The van der Waals surface area contributed by atoms with Gasteiger partial charge in [0.05, 0.1) is 10.6 Å². The van der Waals surface area contributed by atoms with Crippen LogP contribution < -0.4 is 15.6 Å². The Hall–Kier alpha value is -3.45. The van der Waals surface area contributed by atoms with E-state index >= 15 is 0 Å². The van der Waals surface area contributed by atoms with Gasteiger partial charge in [-0.05, 0) is 60.3 Å². The number of carbonyl (C=O) groups is 2. The van der Waals surface area contributed by atoms with Crippen molar-refractivity contribution in [2.75, 3.05) is 24.3 Å². The summed E-state index contributed by atoms with van der Waals surface area (Å²) in [5.74, 6) is -0.432. The zero-order valence-electron chi connectivity index (χ0n) is 16.5. The molecule has 0 fully saturated rings. The highest BCUT2D eigenvalue weighted by molar-refractivity contribution is 7.12. The van der Waals surface area contributed by atoms with E-state index < -0.39 is 0 Å². The average molecular weight is 407 g/mol. The van der Waals surface area contributed by atoms with E-state index in [4.69, 9.17) is 0 Å². The molecule has 1 aromatic heterocycles. The molecule has 29 heavy (non-hydrogen) atoms. The number of rotatable bonds is 6. The van der Waals surface area contributed by atoms with Gasteiger partial charge in [0, 0.05) is 31.0 Å². The molecule has 0 aliphatic carbocycles. The highest BCUT2D eigenvalue weighted by Crippen LogP contribution is 2.16. The fourth-order valence-corrected chi connectivity index (χ4v) is 3.22. The van der Waals surface area contributed by atoms with Crippen LogP contribution in [0.3, 0.4) is 0 Å². The van der Waals surface area contributed by atoms with Crippen LogP contribution in [0.5, 0.6) is 0 Å². The monoisotopic (exact) mass is 406 g/mol. The summed E-state index contributed by atoms with van der Waals surface area (Å²) in [6.45, 7) is 1.80. The van der Waals surface area contributed by atoms with Crippen molar-refractivity contribution in [2.24, 2.45) is 5.10 Å². The number of thiophene rings is 1. The normalized spacial score (nSPS) is 11.1. The van der Waals surface area contributed by atoms with Crippen LogP contribution in [0.15, 0.2) is 71.1 Å². The number of hydrogen-bond acceptors (Lipinski definition) is 5. The zero-order valence-corrected chi connectivity index (χ0v) is 17.3. The van der Waals surface area contributed by atoms with Crippen LogP contribution in [-0.4, -0.2) is 31.6 Å². The van der Waals surface area contributed by atoms with Gasteiger partial charge in [-0.15, -0.1) is 11.3 Å². The van der Waals surface area contributed by atoms with Gasteiger partial charge in [-0.25, -0.2) is 5.43 Å². The molecule has 0 unspecified atom stereocenters. The first kappa shape index (κ1) is 20.3. The molecule has 0 saturated heterocycles. The van der Waals surface area contributed by atoms with Crippen LogP contribution in [-0.2, 0) is 0 Å². The second kappa shape index (κ2) is 9.16. The molecule has 2 N–H and O–H groups in total. The fraction of sp³-hybridized carbons (Fsp3) is 0.136. The van der Waals surface area contributed by atoms with E-state index in [2.05, 4.69) is 15.8 Å². The topological polar surface area (TPSA) is 73.8 Å². The van der Waals surface area contributed by atoms with Gasteiger partial charge < -0.3 is 10.2 Å². The Morgan fingerprint density at radius 3 is 2.34 bits per heavy atom.